The molecule has 0 spiro atoms. The van der Waals surface area contributed by atoms with E-state index in [-0.39, 0.29) is 26.1 Å². The SMILES string of the molecule is CC(Br)C1([N+](=O)[O-])C(C(=O)NCCCOP(=O)(O)O)=C([N+](=O)[O-])C=CC1NCCOS(C)(=O)=O. The van der Waals surface area contributed by atoms with Crippen molar-refractivity contribution >= 4 is 39.8 Å². The number of amides is 1. The van der Waals surface area contributed by atoms with Crippen LogP contribution in [0.3, 0.4) is 0 Å². The first kappa shape index (κ1) is 30.2. The molecule has 0 aromatic rings. The van der Waals surface area contributed by atoms with E-state index in [1.165, 1.54) is 6.92 Å². The maximum Gasteiger partial charge on any atom is 0.469 e. The second-order valence-corrected chi connectivity index (χ2v) is 11.2. The molecular weight excluding hydrogens is 571 g/mol. The Labute approximate surface area is 202 Å². The molecule has 1 aliphatic rings. The fourth-order valence-electron chi connectivity index (χ4n) is 3.20. The minimum Gasteiger partial charge on any atom is -0.352 e. The maximum atomic E-state index is 12.9. The summed E-state index contributed by atoms with van der Waals surface area (Å²) in [6, 6.07) is -1.29. The summed E-state index contributed by atoms with van der Waals surface area (Å²) in [6.07, 6.45) is 2.77. The molecule has 0 bridgehead atoms. The lowest BCUT2D eigenvalue weighted by Crippen LogP contribution is -2.64. The molecule has 0 saturated carbocycles. The highest BCUT2D eigenvalue weighted by Crippen LogP contribution is 2.39. The summed E-state index contributed by atoms with van der Waals surface area (Å²) in [5, 5.41) is 28.9. The van der Waals surface area contributed by atoms with Gasteiger partial charge in [-0.05, 0) is 13.3 Å². The fourth-order valence-corrected chi connectivity index (χ4v) is 4.64. The van der Waals surface area contributed by atoms with Crippen LogP contribution in [0.2, 0.25) is 0 Å². The van der Waals surface area contributed by atoms with E-state index in [1.807, 2.05) is 0 Å². The first-order valence-electron chi connectivity index (χ1n) is 9.46. The van der Waals surface area contributed by atoms with Crippen molar-refractivity contribution in [3.8, 4) is 0 Å². The quantitative estimate of drug-likeness (QED) is 0.0492. The summed E-state index contributed by atoms with van der Waals surface area (Å²) in [4.78, 5) is 51.3. The minimum atomic E-state index is -4.73. The highest BCUT2D eigenvalue weighted by Gasteiger charge is 2.63. The lowest BCUT2D eigenvalue weighted by Gasteiger charge is -2.36. The third-order valence-electron chi connectivity index (χ3n) is 4.54. The molecule has 0 heterocycles. The molecular formula is C15H24BrN4O12PS. The maximum absolute atomic E-state index is 12.9. The second-order valence-electron chi connectivity index (χ2n) is 6.97. The van der Waals surface area contributed by atoms with Crippen molar-refractivity contribution in [1.82, 2.24) is 10.6 Å². The van der Waals surface area contributed by atoms with Crippen molar-refractivity contribution in [3.05, 3.63) is 43.7 Å². The number of rotatable bonds is 14. The number of carbonyl (C=O) groups is 1. The number of halogens is 1. The molecule has 3 unspecified atom stereocenters. The van der Waals surface area contributed by atoms with Crippen LogP contribution >= 0.6 is 23.8 Å². The summed E-state index contributed by atoms with van der Waals surface area (Å²) in [7, 11) is -8.51. The molecule has 194 valence electrons. The number of nitro groups is 2. The number of hydrogen-bond acceptors (Lipinski definition) is 11. The lowest BCUT2D eigenvalue weighted by molar-refractivity contribution is -0.561. The third kappa shape index (κ3) is 8.16. The molecule has 0 aromatic carbocycles. The molecule has 0 saturated heterocycles. The van der Waals surface area contributed by atoms with Crippen molar-refractivity contribution in [2.24, 2.45) is 0 Å². The summed E-state index contributed by atoms with van der Waals surface area (Å²) >= 11 is 3.09. The highest BCUT2D eigenvalue weighted by molar-refractivity contribution is 9.09. The smallest absolute Gasteiger partial charge is 0.352 e. The van der Waals surface area contributed by atoms with E-state index in [1.54, 1.807) is 0 Å². The van der Waals surface area contributed by atoms with Crippen LogP contribution in [0.1, 0.15) is 13.3 Å². The molecule has 4 N–H and O–H groups in total. The fraction of sp³-hybridized carbons (Fsp3) is 0.667. The Bertz CT molecular complexity index is 1010. The van der Waals surface area contributed by atoms with E-state index in [2.05, 4.69) is 35.3 Å². The Morgan fingerprint density at radius 3 is 2.41 bits per heavy atom. The predicted molar refractivity (Wildman–Crippen MR) is 119 cm³/mol. The zero-order chi connectivity index (χ0) is 26.3. The van der Waals surface area contributed by atoms with Crippen LogP contribution < -0.4 is 10.6 Å². The Balaban J connectivity index is 3.25. The molecule has 1 aliphatic carbocycles. The van der Waals surface area contributed by atoms with Gasteiger partial charge in [-0.2, -0.15) is 8.42 Å². The van der Waals surface area contributed by atoms with Gasteiger partial charge in [0.25, 0.3) is 27.3 Å². The normalized spacial score (nSPS) is 21.9. The summed E-state index contributed by atoms with van der Waals surface area (Å²) in [5.41, 5.74) is -3.99. The van der Waals surface area contributed by atoms with Crippen LogP contribution in [0.4, 0.5) is 0 Å². The van der Waals surface area contributed by atoms with Gasteiger partial charge >= 0.3 is 7.82 Å². The van der Waals surface area contributed by atoms with E-state index >= 15 is 0 Å². The van der Waals surface area contributed by atoms with Crippen LogP contribution in [0.5, 0.6) is 0 Å². The van der Waals surface area contributed by atoms with Crippen molar-refractivity contribution in [1.29, 1.82) is 0 Å². The first-order valence-corrected chi connectivity index (χ1v) is 13.7. The van der Waals surface area contributed by atoms with Gasteiger partial charge in [0.15, 0.2) is 5.57 Å². The van der Waals surface area contributed by atoms with Crippen LogP contribution in [-0.2, 0) is 28.2 Å². The molecule has 34 heavy (non-hydrogen) atoms. The molecule has 16 nitrogen and oxygen atoms in total. The van der Waals surface area contributed by atoms with Crippen molar-refractivity contribution in [2.75, 3.05) is 32.6 Å². The molecule has 1 amide bonds. The van der Waals surface area contributed by atoms with Gasteiger partial charge in [-0.3, -0.25) is 33.7 Å². The molecule has 3 atom stereocenters. The number of alkyl halides is 1. The average Bonchev–Trinajstić information content (AvgIpc) is 2.67. The molecule has 0 aliphatic heterocycles. The molecule has 19 heteroatoms. The molecule has 0 aromatic heterocycles. The van der Waals surface area contributed by atoms with Gasteiger partial charge in [0.05, 0.1) is 29.2 Å². The summed E-state index contributed by atoms with van der Waals surface area (Å²) < 4.78 is 41.7. The zero-order valence-corrected chi connectivity index (χ0v) is 21.2. The number of nitrogens with zero attached hydrogens (tertiary/aromatic N) is 2. The van der Waals surface area contributed by atoms with Gasteiger partial charge < -0.3 is 20.4 Å². The monoisotopic (exact) mass is 594 g/mol. The number of nitrogens with one attached hydrogen (secondary N) is 2. The van der Waals surface area contributed by atoms with E-state index in [9.17, 15) is 38.0 Å². The predicted octanol–water partition coefficient (Wildman–Crippen LogP) is -0.564. The molecule has 0 radical (unpaired) electrons. The summed E-state index contributed by atoms with van der Waals surface area (Å²) in [6.45, 7) is 0.00977. The molecule has 1 rings (SSSR count). The van der Waals surface area contributed by atoms with E-state index < -0.39 is 68.0 Å². The van der Waals surface area contributed by atoms with Crippen LogP contribution in [0.15, 0.2) is 23.4 Å². The minimum absolute atomic E-state index is 0.104. The average molecular weight is 595 g/mol. The van der Waals surface area contributed by atoms with Gasteiger partial charge in [0, 0.05) is 24.1 Å². The van der Waals surface area contributed by atoms with Crippen LogP contribution in [0, 0.1) is 20.2 Å². The van der Waals surface area contributed by atoms with Gasteiger partial charge in [0.2, 0.25) is 0 Å². The standard InChI is InChI=1S/C15H24BrN4O12PS/c1-10(16)15(20(24)25)12(17-7-9-32-34(2,29)30)5-4-11(19(22)23)13(15)14(21)18-6-3-8-31-33(26,27)28/h4-5,10,12,17H,3,6-9H2,1-2H3,(H,18,21)(H2,26,27,28). The van der Waals surface area contributed by atoms with Crippen LogP contribution in [-0.4, -0.2) is 82.9 Å². The highest BCUT2D eigenvalue weighted by atomic mass is 79.9. The van der Waals surface area contributed by atoms with Crippen molar-refractivity contribution in [2.45, 2.75) is 29.8 Å². The second kappa shape index (κ2) is 12.3. The Morgan fingerprint density at radius 1 is 1.32 bits per heavy atom. The number of phosphoric acid groups is 1. The van der Waals surface area contributed by atoms with Crippen molar-refractivity contribution in [3.63, 3.8) is 0 Å². The van der Waals surface area contributed by atoms with E-state index in [0.29, 0.717) is 0 Å². The Kier molecular flexibility index (Phi) is 10.9. The van der Waals surface area contributed by atoms with Gasteiger partial charge in [-0.25, -0.2) is 4.57 Å². The zero-order valence-electron chi connectivity index (χ0n) is 17.9. The summed E-state index contributed by atoms with van der Waals surface area (Å²) in [5.74, 6) is -1.14. The first-order chi connectivity index (χ1) is 15.5. The van der Waals surface area contributed by atoms with Crippen molar-refractivity contribution < 1.29 is 46.1 Å². The topological polar surface area (TPSA) is 238 Å². The van der Waals surface area contributed by atoms with E-state index in [0.717, 1.165) is 18.4 Å². The van der Waals surface area contributed by atoms with Crippen LogP contribution in [0.25, 0.3) is 0 Å². The lowest BCUT2D eigenvalue weighted by atomic mass is 9.75. The number of allylic oxidation sites excluding steroid dienone is 1. The Morgan fingerprint density at radius 2 is 1.94 bits per heavy atom. The number of carbonyl (C=O) groups excluding carboxylic acids is 1. The third-order valence-corrected chi connectivity index (χ3v) is 6.35. The van der Waals surface area contributed by atoms with E-state index in [4.69, 9.17) is 9.79 Å². The Hall–Kier alpha value is -1.79. The number of hydrogen-bond donors (Lipinski definition) is 4. The number of phosphoric ester groups is 1. The van der Waals surface area contributed by atoms with Gasteiger partial charge in [0.1, 0.15) is 6.04 Å². The van der Waals surface area contributed by atoms with Gasteiger partial charge in [-0.1, -0.05) is 22.0 Å². The van der Waals surface area contributed by atoms with Gasteiger partial charge in [-0.15, -0.1) is 0 Å². The molecule has 0 fully saturated rings. The largest absolute Gasteiger partial charge is 0.469 e.